The number of nitrogens with zero attached hydrogens (tertiary/aromatic N) is 1. The Balaban J connectivity index is 1.90. The Hall–Kier alpha value is -3.33. The van der Waals surface area contributed by atoms with E-state index in [4.69, 9.17) is 25.8 Å². The summed E-state index contributed by atoms with van der Waals surface area (Å²) in [5, 5.41) is 6.15. The zero-order valence-electron chi connectivity index (χ0n) is 16.6. The molecule has 0 atom stereocenters. The highest BCUT2D eigenvalue weighted by atomic mass is 35.5. The predicted octanol–water partition coefficient (Wildman–Crippen LogP) is 2.31. The Bertz CT molecular complexity index is 907. The summed E-state index contributed by atoms with van der Waals surface area (Å²) in [7, 11) is 4.51. The first kappa shape index (κ1) is 23.0. The highest BCUT2D eigenvalue weighted by molar-refractivity contribution is 6.35. The van der Waals surface area contributed by atoms with Crippen molar-refractivity contribution < 1.29 is 28.2 Å². The maximum atomic E-state index is 13.6. The molecule has 30 heavy (non-hydrogen) atoms. The second-order valence-electron chi connectivity index (χ2n) is 5.87. The fourth-order valence-corrected chi connectivity index (χ4v) is 2.73. The minimum atomic E-state index is -0.997. The highest BCUT2D eigenvalue weighted by Crippen LogP contribution is 2.38. The van der Waals surface area contributed by atoms with Crippen LogP contribution < -0.4 is 25.0 Å². The number of amides is 2. The molecule has 2 aromatic carbocycles. The molecule has 0 aliphatic carbocycles. The van der Waals surface area contributed by atoms with Gasteiger partial charge < -0.3 is 19.5 Å². The third-order valence-corrected chi connectivity index (χ3v) is 4.32. The highest BCUT2D eigenvalue weighted by Gasteiger charge is 2.15. The molecule has 2 rings (SSSR count). The van der Waals surface area contributed by atoms with Crippen LogP contribution in [0.25, 0.3) is 0 Å². The average Bonchev–Trinajstić information content (AvgIpc) is 2.74. The summed E-state index contributed by atoms with van der Waals surface area (Å²) in [4.78, 5) is 23.7. The summed E-state index contributed by atoms with van der Waals surface area (Å²) < 4.78 is 29.4. The van der Waals surface area contributed by atoms with Gasteiger partial charge in [0.15, 0.2) is 11.5 Å². The molecule has 0 saturated heterocycles. The normalized spacial score (nSPS) is 10.6. The monoisotopic (exact) mass is 437 g/mol. The molecule has 0 aliphatic rings. The minimum Gasteiger partial charge on any atom is -0.493 e. The van der Waals surface area contributed by atoms with Crippen molar-refractivity contribution in [2.24, 2.45) is 5.10 Å². The van der Waals surface area contributed by atoms with Gasteiger partial charge in [-0.05, 0) is 36.2 Å². The Morgan fingerprint density at radius 1 is 1.10 bits per heavy atom. The van der Waals surface area contributed by atoms with Gasteiger partial charge in [-0.2, -0.15) is 5.10 Å². The van der Waals surface area contributed by atoms with Crippen molar-refractivity contribution in [3.8, 4) is 17.2 Å². The Morgan fingerprint density at radius 2 is 1.77 bits per heavy atom. The van der Waals surface area contributed by atoms with Gasteiger partial charge in [-0.25, -0.2) is 9.82 Å². The van der Waals surface area contributed by atoms with Crippen LogP contribution in [0.5, 0.6) is 17.2 Å². The molecular formula is C20H21ClFN3O5. The lowest BCUT2D eigenvalue weighted by Gasteiger charge is -2.14. The Morgan fingerprint density at radius 3 is 2.33 bits per heavy atom. The zero-order valence-corrected chi connectivity index (χ0v) is 17.4. The number of nitrogens with one attached hydrogen (secondary N) is 2. The maximum absolute atomic E-state index is 13.6. The van der Waals surface area contributed by atoms with Gasteiger partial charge in [-0.1, -0.05) is 17.7 Å². The van der Waals surface area contributed by atoms with E-state index < -0.39 is 17.6 Å². The predicted molar refractivity (Wildman–Crippen MR) is 110 cm³/mol. The van der Waals surface area contributed by atoms with Crippen molar-refractivity contribution in [3.63, 3.8) is 0 Å². The molecule has 0 bridgehead atoms. The largest absolute Gasteiger partial charge is 0.493 e. The van der Waals surface area contributed by atoms with E-state index in [1.54, 1.807) is 12.1 Å². The fourth-order valence-electron chi connectivity index (χ4n) is 2.52. The van der Waals surface area contributed by atoms with Gasteiger partial charge in [0.25, 0.3) is 0 Å². The molecule has 0 saturated carbocycles. The lowest BCUT2D eigenvalue weighted by Crippen LogP contribution is -2.38. The van der Waals surface area contributed by atoms with Crippen molar-refractivity contribution in [1.82, 2.24) is 10.7 Å². The van der Waals surface area contributed by atoms with E-state index in [9.17, 15) is 14.0 Å². The third-order valence-electron chi connectivity index (χ3n) is 3.99. The van der Waals surface area contributed by atoms with Gasteiger partial charge in [-0.15, -0.1) is 0 Å². The van der Waals surface area contributed by atoms with E-state index in [0.717, 1.165) is 11.8 Å². The summed E-state index contributed by atoms with van der Waals surface area (Å²) in [6, 6.07) is 7.61. The van der Waals surface area contributed by atoms with E-state index in [1.807, 2.05) is 5.43 Å². The first-order valence-electron chi connectivity index (χ1n) is 8.75. The molecule has 0 aromatic heterocycles. The number of halogens is 2. The maximum Gasteiger partial charge on any atom is 0.329 e. The summed E-state index contributed by atoms with van der Waals surface area (Å²) in [5.41, 5.74) is 2.83. The number of carbonyl (C=O) groups excluding carboxylic acids is 2. The van der Waals surface area contributed by atoms with Crippen LogP contribution >= 0.6 is 11.6 Å². The number of ether oxygens (including phenoxy) is 3. The Labute approximate surface area is 178 Å². The molecule has 10 heteroatoms. The lowest BCUT2D eigenvalue weighted by atomic mass is 10.1. The first-order chi connectivity index (χ1) is 14.4. The molecule has 2 amide bonds. The molecule has 2 aromatic rings. The van der Waals surface area contributed by atoms with E-state index in [-0.39, 0.29) is 17.1 Å². The standard InChI is InChI=1S/C20H21ClFN3O5/c1-28-16-9-12(10-17(29-2)18(16)30-3)7-8-23-19(26)20(27)25-24-11-13-14(21)5-4-6-15(13)22/h4-6,9-11H,7-8H2,1-3H3,(H,23,26)(H,25,27)/b24-11-. The van der Waals surface area contributed by atoms with Gasteiger partial charge in [0.05, 0.1) is 32.6 Å². The van der Waals surface area contributed by atoms with Crippen LogP contribution in [0.1, 0.15) is 11.1 Å². The van der Waals surface area contributed by atoms with Gasteiger partial charge in [-0.3, -0.25) is 9.59 Å². The van der Waals surface area contributed by atoms with E-state index in [0.29, 0.717) is 23.7 Å². The van der Waals surface area contributed by atoms with Crippen molar-refractivity contribution >= 4 is 29.6 Å². The van der Waals surface area contributed by atoms with Crippen molar-refractivity contribution in [3.05, 3.63) is 52.3 Å². The molecule has 0 radical (unpaired) electrons. The molecule has 0 unspecified atom stereocenters. The summed E-state index contributed by atoms with van der Waals surface area (Å²) in [5.74, 6) is -1.06. The van der Waals surface area contributed by atoms with Crippen LogP contribution in [0, 0.1) is 5.82 Å². The molecule has 160 valence electrons. The van der Waals surface area contributed by atoms with E-state index in [2.05, 4.69) is 10.4 Å². The van der Waals surface area contributed by atoms with Crippen LogP contribution in [0.3, 0.4) is 0 Å². The lowest BCUT2D eigenvalue weighted by molar-refractivity contribution is -0.139. The third kappa shape index (κ3) is 5.84. The van der Waals surface area contributed by atoms with E-state index >= 15 is 0 Å². The zero-order chi connectivity index (χ0) is 22.1. The van der Waals surface area contributed by atoms with Crippen molar-refractivity contribution in [2.45, 2.75) is 6.42 Å². The number of benzene rings is 2. The number of hydrogen-bond acceptors (Lipinski definition) is 6. The number of rotatable bonds is 8. The number of methoxy groups -OCH3 is 3. The van der Waals surface area contributed by atoms with Gasteiger partial charge in [0.2, 0.25) is 5.75 Å². The quantitative estimate of drug-likeness (QED) is 0.375. The second-order valence-corrected chi connectivity index (χ2v) is 6.28. The molecule has 0 aliphatic heterocycles. The fraction of sp³-hybridized carbons (Fsp3) is 0.250. The van der Waals surface area contributed by atoms with Crippen molar-refractivity contribution in [1.29, 1.82) is 0 Å². The van der Waals surface area contributed by atoms with Gasteiger partial charge in [0, 0.05) is 12.1 Å². The molecule has 8 nitrogen and oxygen atoms in total. The summed E-state index contributed by atoms with van der Waals surface area (Å²) >= 11 is 5.85. The number of hydrogen-bond donors (Lipinski definition) is 2. The number of carbonyl (C=O) groups is 2. The molecular weight excluding hydrogens is 417 g/mol. The second kappa shape index (κ2) is 11.0. The van der Waals surface area contributed by atoms with Crippen LogP contribution in [0.2, 0.25) is 5.02 Å². The number of hydrazone groups is 1. The van der Waals surface area contributed by atoms with Crippen LogP contribution in [-0.2, 0) is 16.0 Å². The van der Waals surface area contributed by atoms with Crippen molar-refractivity contribution in [2.75, 3.05) is 27.9 Å². The van der Waals surface area contributed by atoms with Crippen LogP contribution in [0.15, 0.2) is 35.4 Å². The smallest absolute Gasteiger partial charge is 0.329 e. The molecule has 2 N–H and O–H groups in total. The Kier molecular flexibility index (Phi) is 8.42. The average molecular weight is 438 g/mol. The minimum absolute atomic E-state index is 0.00211. The van der Waals surface area contributed by atoms with E-state index in [1.165, 1.54) is 39.5 Å². The summed E-state index contributed by atoms with van der Waals surface area (Å²) in [6.07, 6.45) is 1.43. The van der Waals surface area contributed by atoms with Crippen LogP contribution in [0.4, 0.5) is 4.39 Å². The molecule has 0 spiro atoms. The summed E-state index contributed by atoms with van der Waals surface area (Å²) in [6.45, 7) is 0.174. The molecule has 0 fully saturated rings. The molecule has 0 heterocycles. The first-order valence-corrected chi connectivity index (χ1v) is 9.13. The van der Waals surface area contributed by atoms with Crippen LogP contribution in [-0.4, -0.2) is 45.9 Å². The van der Waals surface area contributed by atoms with Gasteiger partial charge in [0.1, 0.15) is 5.82 Å². The van der Waals surface area contributed by atoms with Gasteiger partial charge >= 0.3 is 11.8 Å². The SMILES string of the molecule is COc1cc(CCNC(=O)C(=O)N/N=C\c2c(F)cccc2Cl)cc(OC)c1OC. The topological polar surface area (TPSA) is 98.2 Å².